The molecular weight excluding hydrogens is 419 g/mol. The summed E-state index contributed by atoms with van der Waals surface area (Å²) in [6.45, 7) is 2.01. The number of nitrogens with zero attached hydrogens (tertiary/aromatic N) is 1. The summed E-state index contributed by atoms with van der Waals surface area (Å²) in [7, 11) is 0. The van der Waals surface area contributed by atoms with Crippen molar-refractivity contribution in [3.8, 4) is 11.8 Å². The SMILES string of the molecule is CCO[C@H](CC/C=C/C(=O)O)[C@H](OC(=O)Nc1ccc(C#N)cc1)c1ccc(O)c(F)c1. The van der Waals surface area contributed by atoms with Crippen LogP contribution in [0.4, 0.5) is 14.9 Å². The van der Waals surface area contributed by atoms with Gasteiger partial charge in [-0.3, -0.25) is 5.32 Å². The highest BCUT2D eigenvalue weighted by Gasteiger charge is 2.28. The van der Waals surface area contributed by atoms with Crippen molar-refractivity contribution in [2.24, 2.45) is 0 Å². The van der Waals surface area contributed by atoms with E-state index in [4.69, 9.17) is 19.8 Å². The molecule has 0 aliphatic heterocycles. The summed E-state index contributed by atoms with van der Waals surface area (Å²) in [5.41, 5.74) is 1.07. The van der Waals surface area contributed by atoms with Gasteiger partial charge in [0.1, 0.15) is 0 Å². The van der Waals surface area contributed by atoms with Crippen molar-refractivity contribution in [2.45, 2.75) is 32.0 Å². The summed E-state index contributed by atoms with van der Waals surface area (Å²) in [6.07, 6.45) is 0.453. The molecule has 0 spiro atoms. The lowest BCUT2D eigenvalue weighted by atomic mass is 9.99. The van der Waals surface area contributed by atoms with Crippen molar-refractivity contribution in [3.63, 3.8) is 0 Å². The predicted octanol–water partition coefficient (Wildman–Crippen LogP) is 4.52. The van der Waals surface area contributed by atoms with E-state index in [1.807, 2.05) is 6.07 Å². The van der Waals surface area contributed by atoms with Crippen LogP contribution in [0.5, 0.6) is 5.75 Å². The minimum atomic E-state index is -1.09. The first kappa shape index (κ1) is 24.4. The number of phenolic OH excluding ortho intramolecular Hbond substituents is 1. The topological polar surface area (TPSA) is 129 Å². The number of amides is 1. The first-order valence-electron chi connectivity index (χ1n) is 9.81. The molecule has 2 rings (SSSR count). The molecule has 2 aromatic carbocycles. The van der Waals surface area contributed by atoms with E-state index in [0.29, 0.717) is 17.7 Å². The zero-order valence-electron chi connectivity index (χ0n) is 17.3. The van der Waals surface area contributed by atoms with Crippen LogP contribution < -0.4 is 5.32 Å². The van der Waals surface area contributed by atoms with E-state index in [1.165, 1.54) is 36.4 Å². The second-order valence-electron chi connectivity index (χ2n) is 6.66. The van der Waals surface area contributed by atoms with Gasteiger partial charge in [0, 0.05) is 18.4 Å². The van der Waals surface area contributed by atoms with Crippen molar-refractivity contribution in [1.29, 1.82) is 5.26 Å². The van der Waals surface area contributed by atoms with Gasteiger partial charge in [-0.25, -0.2) is 14.0 Å². The summed E-state index contributed by atoms with van der Waals surface area (Å²) in [6, 6.07) is 11.7. The van der Waals surface area contributed by atoms with Crippen LogP contribution in [-0.4, -0.2) is 35.0 Å². The Balaban J connectivity index is 2.24. The number of nitrogens with one attached hydrogen (secondary N) is 1. The maximum atomic E-state index is 14.0. The predicted molar refractivity (Wildman–Crippen MR) is 113 cm³/mol. The minimum Gasteiger partial charge on any atom is -0.505 e. The van der Waals surface area contributed by atoms with Gasteiger partial charge in [0.2, 0.25) is 0 Å². The Morgan fingerprint density at radius 3 is 2.56 bits per heavy atom. The Bertz CT molecular complexity index is 1000. The first-order chi connectivity index (χ1) is 15.3. The van der Waals surface area contributed by atoms with Crippen molar-refractivity contribution in [3.05, 3.63) is 71.6 Å². The molecule has 0 radical (unpaired) electrons. The highest BCUT2D eigenvalue weighted by atomic mass is 19.1. The number of hydrogen-bond acceptors (Lipinski definition) is 6. The summed E-state index contributed by atoms with van der Waals surface area (Å²) in [5.74, 6) is -2.52. The van der Waals surface area contributed by atoms with E-state index in [0.717, 1.165) is 18.2 Å². The Morgan fingerprint density at radius 1 is 1.25 bits per heavy atom. The molecule has 32 heavy (non-hydrogen) atoms. The van der Waals surface area contributed by atoms with E-state index in [-0.39, 0.29) is 18.6 Å². The van der Waals surface area contributed by atoms with Crippen LogP contribution in [0.15, 0.2) is 54.6 Å². The molecule has 0 saturated heterocycles. The van der Waals surface area contributed by atoms with Crippen LogP contribution in [0, 0.1) is 17.1 Å². The molecule has 0 unspecified atom stereocenters. The summed E-state index contributed by atoms with van der Waals surface area (Å²) >= 11 is 0. The van der Waals surface area contributed by atoms with Gasteiger partial charge in [-0.15, -0.1) is 0 Å². The van der Waals surface area contributed by atoms with E-state index < -0.39 is 35.8 Å². The molecule has 8 nitrogen and oxygen atoms in total. The molecule has 0 fully saturated rings. The van der Waals surface area contributed by atoms with Crippen LogP contribution in [0.3, 0.4) is 0 Å². The molecule has 0 aliphatic rings. The van der Waals surface area contributed by atoms with Crippen molar-refractivity contribution < 1.29 is 33.7 Å². The number of anilines is 1. The molecule has 2 atom stereocenters. The van der Waals surface area contributed by atoms with Crippen LogP contribution in [0.2, 0.25) is 0 Å². The molecule has 1 amide bonds. The summed E-state index contributed by atoms with van der Waals surface area (Å²) < 4.78 is 25.3. The number of allylic oxidation sites excluding steroid dienone is 1. The van der Waals surface area contributed by atoms with Crippen LogP contribution in [0.25, 0.3) is 0 Å². The number of rotatable bonds is 10. The molecule has 0 aromatic heterocycles. The third-order valence-electron chi connectivity index (χ3n) is 4.39. The third-order valence-corrected chi connectivity index (χ3v) is 4.39. The maximum absolute atomic E-state index is 14.0. The zero-order valence-corrected chi connectivity index (χ0v) is 17.3. The van der Waals surface area contributed by atoms with Crippen molar-refractivity contribution in [2.75, 3.05) is 11.9 Å². The van der Waals surface area contributed by atoms with Crippen LogP contribution in [-0.2, 0) is 14.3 Å². The van der Waals surface area contributed by atoms with Crippen LogP contribution in [0.1, 0.15) is 37.0 Å². The number of carboxylic acids is 1. The van der Waals surface area contributed by atoms with E-state index >= 15 is 0 Å². The number of aliphatic carboxylic acids is 1. The van der Waals surface area contributed by atoms with E-state index in [9.17, 15) is 19.1 Å². The molecule has 9 heteroatoms. The van der Waals surface area contributed by atoms with Crippen LogP contribution >= 0.6 is 0 Å². The Labute approximate surface area is 184 Å². The molecule has 168 valence electrons. The van der Waals surface area contributed by atoms with E-state index in [2.05, 4.69) is 5.32 Å². The number of hydrogen-bond donors (Lipinski definition) is 3. The normalized spacial score (nSPS) is 12.7. The summed E-state index contributed by atoms with van der Waals surface area (Å²) in [4.78, 5) is 23.2. The molecule has 0 aliphatic carbocycles. The van der Waals surface area contributed by atoms with Gasteiger partial charge in [0.15, 0.2) is 17.7 Å². The third kappa shape index (κ3) is 7.41. The second-order valence-corrected chi connectivity index (χ2v) is 6.66. The smallest absolute Gasteiger partial charge is 0.412 e. The number of ether oxygens (including phenoxy) is 2. The molecule has 2 aromatic rings. The number of nitriles is 1. The molecule has 3 N–H and O–H groups in total. The Kier molecular flexibility index (Phi) is 9.20. The highest BCUT2D eigenvalue weighted by molar-refractivity contribution is 5.84. The maximum Gasteiger partial charge on any atom is 0.412 e. The standard InChI is InChI=1S/C23H23FN2O6/c1-2-31-20(5-3-4-6-21(28)29)22(16-9-12-19(27)18(24)13-16)32-23(30)26-17-10-7-15(14-25)8-11-17/h4,6-13,20,22,27H,2-3,5H2,1H3,(H,26,30)(H,28,29)/b6-4+/t20-,22-/m1/s1. The average Bonchev–Trinajstić information content (AvgIpc) is 2.76. The Morgan fingerprint density at radius 2 is 1.97 bits per heavy atom. The van der Waals surface area contributed by atoms with Crippen molar-refractivity contribution >= 4 is 17.7 Å². The lowest BCUT2D eigenvalue weighted by Gasteiger charge is -2.27. The number of carbonyl (C=O) groups is 2. The number of carboxylic acid groups (broad SMARTS) is 1. The first-order valence-corrected chi connectivity index (χ1v) is 9.81. The quantitative estimate of drug-likeness (QED) is 0.461. The number of aromatic hydroxyl groups is 1. The number of benzene rings is 2. The zero-order chi connectivity index (χ0) is 23.5. The molecule has 0 bridgehead atoms. The van der Waals surface area contributed by atoms with Gasteiger partial charge in [-0.05, 0) is 61.7 Å². The molecular formula is C23H23FN2O6. The highest BCUT2D eigenvalue weighted by Crippen LogP contribution is 2.30. The van der Waals surface area contributed by atoms with E-state index in [1.54, 1.807) is 6.92 Å². The monoisotopic (exact) mass is 442 g/mol. The van der Waals surface area contributed by atoms with Gasteiger partial charge in [0.25, 0.3) is 0 Å². The Hall–Kier alpha value is -3.90. The van der Waals surface area contributed by atoms with Gasteiger partial charge >= 0.3 is 12.1 Å². The fourth-order valence-corrected chi connectivity index (χ4v) is 2.93. The fraction of sp³-hybridized carbons (Fsp3) is 0.261. The van der Waals surface area contributed by atoms with Gasteiger partial charge < -0.3 is 19.7 Å². The molecule has 0 saturated carbocycles. The van der Waals surface area contributed by atoms with Crippen molar-refractivity contribution in [1.82, 2.24) is 0 Å². The van der Waals surface area contributed by atoms with Gasteiger partial charge in [0.05, 0.1) is 17.7 Å². The summed E-state index contributed by atoms with van der Waals surface area (Å²) in [5, 5.41) is 29.6. The lowest BCUT2D eigenvalue weighted by Crippen LogP contribution is -2.29. The minimum absolute atomic E-state index is 0.260. The number of phenols is 1. The molecule has 0 heterocycles. The fourth-order valence-electron chi connectivity index (χ4n) is 2.93. The van der Waals surface area contributed by atoms with Gasteiger partial charge in [-0.2, -0.15) is 5.26 Å². The van der Waals surface area contributed by atoms with Gasteiger partial charge in [-0.1, -0.05) is 12.1 Å². The number of halogens is 1. The average molecular weight is 442 g/mol. The lowest BCUT2D eigenvalue weighted by molar-refractivity contribution is -0.131. The second kappa shape index (κ2) is 12.1. The largest absolute Gasteiger partial charge is 0.505 e. The number of carbonyl (C=O) groups excluding carboxylic acids is 1.